The third-order valence-electron chi connectivity index (χ3n) is 3.01. The zero-order chi connectivity index (χ0) is 18.2. The van der Waals surface area contributed by atoms with Crippen LogP contribution in [0.5, 0.6) is 0 Å². The molecule has 0 aliphatic carbocycles. The Balaban J connectivity index is 0.000000952. The molecule has 1 nitrogen and oxygen atoms in total. The van der Waals surface area contributed by atoms with Gasteiger partial charge in [0.25, 0.3) is 0 Å². The van der Waals surface area contributed by atoms with E-state index in [2.05, 4.69) is 75.4 Å². The number of nitrogens with two attached hydrogens (primary N) is 1. The summed E-state index contributed by atoms with van der Waals surface area (Å²) >= 11 is 0. The third kappa shape index (κ3) is 8.99. The first kappa shape index (κ1) is 21.7. The van der Waals surface area contributed by atoms with Crippen molar-refractivity contribution in [3.8, 4) is 11.1 Å². The number of hydrogen-bond acceptors (Lipinski definition) is 1. The summed E-state index contributed by atoms with van der Waals surface area (Å²) in [5.41, 5.74) is 10.5. The van der Waals surface area contributed by atoms with E-state index in [0.717, 1.165) is 6.42 Å². The van der Waals surface area contributed by atoms with Crippen LogP contribution in [0.1, 0.15) is 46.6 Å². The molecule has 0 bridgehead atoms. The summed E-state index contributed by atoms with van der Waals surface area (Å²) in [5, 5.41) is 0. The SMILES string of the molecule is C/C(=C/C=C\N)Cc1cccc(-c2ccccc2)c1.CC.CCC. The van der Waals surface area contributed by atoms with E-state index in [1.54, 1.807) is 6.20 Å². The highest BCUT2D eigenvalue weighted by atomic mass is 14.5. The highest BCUT2D eigenvalue weighted by Crippen LogP contribution is 2.21. The Morgan fingerprint density at radius 1 is 0.917 bits per heavy atom. The molecule has 2 aromatic rings. The molecule has 0 radical (unpaired) electrons. The minimum absolute atomic E-state index is 0.949. The van der Waals surface area contributed by atoms with Gasteiger partial charge in [0.1, 0.15) is 0 Å². The zero-order valence-corrected chi connectivity index (χ0v) is 15.9. The predicted octanol–water partition coefficient (Wildman–Crippen LogP) is 6.76. The fourth-order valence-electron chi connectivity index (χ4n) is 2.09. The van der Waals surface area contributed by atoms with Crippen molar-refractivity contribution in [2.24, 2.45) is 5.73 Å². The van der Waals surface area contributed by atoms with Crippen molar-refractivity contribution in [2.45, 2.75) is 47.5 Å². The Morgan fingerprint density at radius 3 is 2.08 bits per heavy atom. The van der Waals surface area contributed by atoms with Gasteiger partial charge < -0.3 is 5.73 Å². The number of rotatable bonds is 4. The minimum Gasteiger partial charge on any atom is -0.405 e. The van der Waals surface area contributed by atoms with Crippen LogP contribution in [0.15, 0.2) is 78.5 Å². The van der Waals surface area contributed by atoms with Gasteiger partial charge in [-0.1, -0.05) is 100 Å². The molecule has 130 valence electrons. The van der Waals surface area contributed by atoms with Gasteiger partial charge in [-0.05, 0) is 42.3 Å². The molecule has 2 N–H and O–H groups in total. The molecule has 0 saturated carbocycles. The molecule has 0 unspecified atom stereocenters. The van der Waals surface area contributed by atoms with Crippen molar-refractivity contribution in [1.82, 2.24) is 0 Å². The maximum absolute atomic E-state index is 5.35. The Morgan fingerprint density at radius 2 is 1.50 bits per heavy atom. The zero-order valence-electron chi connectivity index (χ0n) is 15.9. The van der Waals surface area contributed by atoms with E-state index >= 15 is 0 Å². The molecule has 2 rings (SSSR count). The Hall–Kier alpha value is -2.28. The van der Waals surface area contributed by atoms with Gasteiger partial charge in [0.05, 0.1) is 0 Å². The van der Waals surface area contributed by atoms with Gasteiger partial charge in [0.15, 0.2) is 0 Å². The van der Waals surface area contributed by atoms with E-state index in [0.29, 0.717) is 0 Å². The molecule has 0 aliphatic rings. The molecule has 0 aromatic heterocycles. The molecule has 1 heteroatoms. The summed E-state index contributed by atoms with van der Waals surface area (Å²) < 4.78 is 0. The maximum atomic E-state index is 5.35. The third-order valence-corrected chi connectivity index (χ3v) is 3.01. The van der Waals surface area contributed by atoms with E-state index in [4.69, 9.17) is 5.73 Å². The van der Waals surface area contributed by atoms with Crippen LogP contribution in [-0.2, 0) is 6.42 Å². The van der Waals surface area contributed by atoms with Crippen LogP contribution >= 0.6 is 0 Å². The van der Waals surface area contributed by atoms with Crippen molar-refractivity contribution in [2.75, 3.05) is 0 Å². The lowest BCUT2D eigenvalue weighted by atomic mass is 9.99. The second kappa shape index (κ2) is 14.3. The lowest BCUT2D eigenvalue weighted by Gasteiger charge is -2.06. The highest BCUT2D eigenvalue weighted by Gasteiger charge is 1.99. The van der Waals surface area contributed by atoms with Crippen molar-refractivity contribution < 1.29 is 0 Å². The lowest BCUT2D eigenvalue weighted by molar-refractivity contribution is 1.09. The molecule has 0 amide bonds. The van der Waals surface area contributed by atoms with E-state index < -0.39 is 0 Å². The molecule has 0 aliphatic heterocycles. The summed E-state index contributed by atoms with van der Waals surface area (Å²) in [6.07, 6.45) is 7.68. The first-order chi connectivity index (χ1) is 11.7. The summed E-state index contributed by atoms with van der Waals surface area (Å²) in [4.78, 5) is 0. The molecule has 2 aromatic carbocycles. The lowest BCUT2D eigenvalue weighted by Crippen LogP contribution is -1.88. The molecule has 0 spiro atoms. The van der Waals surface area contributed by atoms with Crippen molar-refractivity contribution in [3.05, 3.63) is 84.1 Å². The second-order valence-electron chi connectivity index (χ2n) is 5.35. The maximum Gasteiger partial charge on any atom is -0.00624 e. The minimum atomic E-state index is 0.949. The standard InChI is InChI=1S/C18H19N.C3H8.C2H6/c1-15(7-6-12-19)13-16-8-5-11-18(14-16)17-9-3-2-4-10-17;1-3-2;1-2/h2-12,14H,13,19H2,1H3;3H2,1-2H3;1-2H3/b12-6-,15-7-;;. The molecule has 24 heavy (non-hydrogen) atoms. The number of benzene rings is 2. The Kier molecular flexibility index (Phi) is 13.0. The molecule has 0 saturated heterocycles. The van der Waals surface area contributed by atoms with Gasteiger partial charge in [0.2, 0.25) is 0 Å². The summed E-state index contributed by atoms with van der Waals surface area (Å²) in [6.45, 7) is 10.4. The Labute approximate surface area is 148 Å². The van der Waals surface area contributed by atoms with Crippen molar-refractivity contribution in [1.29, 1.82) is 0 Å². The van der Waals surface area contributed by atoms with E-state index in [1.165, 1.54) is 28.7 Å². The van der Waals surface area contributed by atoms with Gasteiger partial charge in [0, 0.05) is 0 Å². The van der Waals surface area contributed by atoms with Crippen LogP contribution in [0.25, 0.3) is 11.1 Å². The van der Waals surface area contributed by atoms with Gasteiger partial charge in [-0.25, -0.2) is 0 Å². The summed E-state index contributed by atoms with van der Waals surface area (Å²) in [6, 6.07) is 19.1. The summed E-state index contributed by atoms with van der Waals surface area (Å²) in [7, 11) is 0. The largest absolute Gasteiger partial charge is 0.405 e. The van der Waals surface area contributed by atoms with E-state index in [1.807, 2.05) is 26.0 Å². The molecular weight excluding hydrogens is 290 g/mol. The fourth-order valence-corrected chi connectivity index (χ4v) is 2.09. The van der Waals surface area contributed by atoms with Crippen LogP contribution in [0.2, 0.25) is 0 Å². The quantitative estimate of drug-likeness (QED) is 0.618. The molecule has 0 heterocycles. The number of allylic oxidation sites excluding steroid dienone is 3. The first-order valence-electron chi connectivity index (χ1n) is 8.89. The van der Waals surface area contributed by atoms with Crippen LogP contribution in [0.4, 0.5) is 0 Å². The van der Waals surface area contributed by atoms with E-state index in [-0.39, 0.29) is 0 Å². The average Bonchev–Trinajstić information content (AvgIpc) is 2.63. The number of hydrogen-bond donors (Lipinski definition) is 1. The van der Waals surface area contributed by atoms with Crippen LogP contribution in [-0.4, -0.2) is 0 Å². The highest BCUT2D eigenvalue weighted by molar-refractivity contribution is 5.64. The average molecular weight is 324 g/mol. The Bertz CT molecular complexity index is 594. The molecule has 0 fully saturated rings. The van der Waals surface area contributed by atoms with Gasteiger partial charge in [-0.2, -0.15) is 0 Å². The smallest absolute Gasteiger partial charge is 0.00624 e. The van der Waals surface area contributed by atoms with Gasteiger partial charge in [-0.3, -0.25) is 0 Å². The van der Waals surface area contributed by atoms with Gasteiger partial charge in [-0.15, -0.1) is 0 Å². The normalized spacial score (nSPS) is 10.5. The molecular formula is C23H33N. The van der Waals surface area contributed by atoms with Crippen LogP contribution in [0, 0.1) is 0 Å². The van der Waals surface area contributed by atoms with E-state index in [9.17, 15) is 0 Å². The van der Waals surface area contributed by atoms with Crippen molar-refractivity contribution >= 4 is 0 Å². The monoisotopic (exact) mass is 323 g/mol. The topological polar surface area (TPSA) is 26.0 Å². The molecule has 0 atom stereocenters. The fraction of sp³-hybridized carbons (Fsp3) is 0.304. The van der Waals surface area contributed by atoms with Crippen LogP contribution in [0.3, 0.4) is 0 Å². The first-order valence-corrected chi connectivity index (χ1v) is 8.89. The van der Waals surface area contributed by atoms with Crippen molar-refractivity contribution in [3.63, 3.8) is 0 Å². The van der Waals surface area contributed by atoms with Gasteiger partial charge >= 0.3 is 0 Å². The summed E-state index contributed by atoms with van der Waals surface area (Å²) in [5.74, 6) is 0. The van der Waals surface area contributed by atoms with Crippen LogP contribution < -0.4 is 5.73 Å². The second-order valence-corrected chi connectivity index (χ2v) is 5.35. The predicted molar refractivity (Wildman–Crippen MR) is 110 cm³/mol.